The molecule has 1 aliphatic heterocycles. The molecule has 0 fully saturated rings. The van der Waals surface area contributed by atoms with Crippen molar-refractivity contribution in [1.82, 2.24) is 29.2 Å². The normalized spacial score (nSPS) is 15.7. The van der Waals surface area contributed by atoms with E-state index in [0.29, 0.717) is 24.1 Å². The number of carbonyl (C=O) groups is 1. The van der Waals surface area contributed by atoms with Crippen LogP contribution in [0, 0.1) is 0 Å². The predicted molar refractivity (Wildman–Crippen MR) is 119 cm³/mol. The molecule has 1 aliphatic rings. The fraction of sp³-hybridized carbons (Fsp3) is 0.550. The second-order valence-electron chi connectivity index (χ2n) is 8.24. The minimum Gasteiger partial charge on any atom is -0.465 e. The minimum absolute atomic E-state index is 0.186. The van der Waals surface area contributed by atoms with Crippen LogP contribution >= 0.6 is 23.1 Å². The molecule has 0 amide bonds. The van der Waals surface area contributed by atoms with E-state index < -0.39 is 0 Å². The zero-order valence-electron chi connectivity index (χ0n) is 17.8. The van der Waals surface area contributed by atoms with Crippen LogP contribution in [0.3, 0.4) is 0 Å². The van der Waals surface area contributed by atoms with Crippen LogP contribution in [0.4, 0.5) is 0 Å². The fourth-order valence-electron chi connectivity index (χ4n) is 3.86. The summed E-state index contributed by atoms with van der Waals surface area (Å²) in [6.45, 7) is 7.36. The maximum Gasteiger partial charge on any atom is 0.316 e. The summed E-state index contributed by atoms with van der Waals surface area (Å²) in [5.74, 6) is 0.527. The number of carbonyl (C=O) groups excluding carboxylic acids is 1. The highest BCUT2D eigenvalue weighted by Gasteiger charge is 2.32. The molecule has 0 saturated carbocycles. The van der Waals surface area contributed by atoms with Gasteiger partial charge in [0, 0.05) is 11.3 Å². The summed E-state index contributed by atoms with van der Waals surface area (Å²) in [7, 11) is 0. The van der Waals surface area contributed by atoms with Crippen LogP contribution in [-0.4, -0.2) is 53.1 Å². The molecule has 9 nitrogen and oxygen atoms in total. The first-order chi connectivity index (χ1) is 15.0. The Bertz CT molecular complexity index is 1270. The van der Waals surface area contributed by atoms with Gasteiger partial charge in [-0.2, -0.15) is 9.61 Å². The van der Waals surface area contributed by atoms with Crippen molar-refractivity contribution >= 4 is 50.7 Å². The average Bonchev–Trinajstić information content (AvgIpc) is 3.44. The van der Waals surface area contributed by atoms with Crippen LogP contribution in [0.15, 0.2) is 11.5 Å². The van der Waals surface area contributed by atoms with Gasteiger partial charge < -0.3 is 9.47 Å². The molecule has 0 unspecified atom stereocenters. The Labute approximate surface area is 187 Å². The Kier molecular flexibility index (Phi) is 5.35. The lowest BCUT2D eigenvalue weighted by Crippen LogP contribution is -2.31. The first-order valence-electron chi connectivity index (χ1n) is 10.4. The van der Waals surface area contributed by atoms with Gasteiger partial charge in [0.1, 0.15) is 11.2 Å². The molecule has 11 heteroatoms. The number of esters is 1. The molecule has 0 aromatic carbocycles. The standard InChI is InChI=1S/C20H24N6O3S2/c1-4-5-6-7-28-14(27)10-30-19-24-23-18-25(19)17-15(16-21-11-22-26(16)18)12-8-20(2,3)29-9-13(12)31-17/h11H,4-10H2,1-3H3. The van der Waals surface area contributed by atoms with Gasteiger partial charge in [0.25, 0.3) is 5.78 Å². The lowest BCUT2D eigenvalue weighted by molar-refractivity contribution is -0.140. The quantitative estimate of drug-likeness (QED) is 0.234. The van der Waals surface area contributed by atoms with Crippen LogP contribution in [-0.2, 0) is 27.3 Å². The van der Waals surface area contributed by atoms with Gasteiger partial charge in [0.2, 0.25) is 0 Å². The molecule has 4 aromatic rings. The number of hydrogen-bond acceptors (Lipinski definition) is 9. The number of thioether (sulfide) groups is 1. The summed E-state index contributed by atoms with van der Waals surface area (Å²) in [6.07, 6.45) is 5.39. The third-order valence-corrected chi connectivity index (χ3v) is 7.47. The van der Waals surface area contributed by atoms with Crippen LogP contribution in [0.2, 0.25) is 0 Å². The lowest BCUT2D eigenvalue weighted by atomic mass is 9.94. The van der Waals surface area contributed by atoms with Gasteiger partial charge in [-0.3, -0.25) is 4.79 Å². The highest BCUT2D eigenvalue weighted by Crippen LogP contribution is 2.41. The molecule has 5 rings (SSSR count). The number of nitrogens with zero attached hydrogens (tertiary/aromatic N) is 6. The van der Waals surface area contributed by atoms with E-state index in [2.05, 4.69) is 41.1 Å². The molecule has 0 N–H and O–H groups in total. The molecule has 5 heterocycles. The summed E-state index contributed by atoms with van der Waals surface area (Å²) >= 11 is 3.00. The third kappa shape index (κ3) is 3.68. The maximum atomic E-state index is 12.2. The van der Waals surface area contributed by atoms with Crippen molar-refractivity contribution in [3.8, 4) is 0 Å². The second-order valence-corrected chi connectivity index (χ2v) is 10.3. The maximum absolute atomic E-state index is 12.2. The van der Waals surface area contributed by atoms with E-state index in [1.807, 2.05) is 4.40 Å². The predicted octanol–water partition coefficient (Wildman–Crippen LogP) is 3.66. The fourth-order valence-corrected chi connectivity index (χ4v) is 5.87. The number of thiophene rings is 1. The topological polar surface area (TPSA) is 95.9 Å². The van der Waals surface area contributed by atoms with E-state index in [9.17, 15) is 4.79 Å². The van der Waals surface area contributed by atoms with Gasteiger partial charge in [0.15, 0.2) is 10.8 Å². The van der Waals surface area contributed by atoms with Crippen molar-refractivity contribution in [1.29, 1.82) is 0 Å². The largest absolute Gasteiger partial charge is 0.465 e. The number of hydrogen-bond donors (Lipinski definition) is 0. The number of fused-ring (bicyclic) bond motifs is 8. The Morgan fingerprint density at radius 3 is 3.06 bits per heavy atom. The molecule has 0 aliphatic carbocycles. The smallest absolute Gasteiger partial charge is 0.316 e. The van der Waals surface area contributed by atoms with Crippen LogP contribution < -0.4 is 0 Å². The van der Waals surface area contributed by atoms with E-state index in [-0.39, 0.29) is 17.3 Å². The van der Waals surface area contributed by atoms with Crippen molar-refractivity contribution in [3.05, 3.63) is 16.8 Å². The molecule has 164 valence electrons. The van der Waals surface area contributed by atoms with Crippen LogP contribution in [0.5, 0.6) is 0 Å². The highest BCUT2D eigenvalue weighted by atomic mass is 32.2. The van der Waals surface area contributed by atoms with Gasteiger partial charge in [-0.1, -0.05) is 31.5 Å². The van der Waals surface area contributed by atoms with Gasteiger partial charge in [-0.25, -0.2) is 9.38 Å². The third-order valence-electron chi connectivity index (χ3n) is 5.38. The Balaban J connectivity index is 1.53. The molecule has 0 saturated heterocycles. The monoisotopic (exact) mass is 460 g/mol. The molecule has 4 aromatic heterocycles. The van der Waals surface area contributed by atoms with E-state index >= 15 is 0 Å². The molecular weight excluding hydrogens is 436 g/mol. The van der Waals surface area contributed by atoms with E-state index in [4.69, 9.17) is 9.47 Å². The van der Waals surface area contributed by atoms with E-state index in [1.54, 1.807) is 22.2 Å². The number of aromatic nitrogens is 6. The van der Waals surface area contributed by atoms with Crippen molar-refractivity contribution < 1.29 is 14.3 Å². The van der Waals surface area contributed by atoms with Crippen molar-refractivity contribution in [2.24, 2.45) is 0 Å². The molecule has 0 bridgehead atoms. The summed E-state index contributed by atoms with van der Waals surface area (Å²) in [5, 5.41) is 14.8. The Morgan fingerprint density at radius 1 is 1.35 bits per heavy atom. The summed E-state index contributed by atoms with van der Waals surface area (Å²) in [4.78, 5) is 18.9. The van der Waals surface area contributed by atoms with Gasteiger partial charge >= 0.3 is 5.97 Å². The zero-order chi connectivity index (χ0) is 21.6. The van der Waals surface area contributed by atoms with E-state index in [1.165, 1.54) is 22.2 Å². The molecule has 0 radical (unpaired) electrons. The average molecular weight is 461 g/mol. The van der Waals surface area contributed by atoms with Crippen molar-refractivity contribution in [3.63, 3.8) is 0 Å². The summed E-state index contributed by atoms with van der Waals surface area (Å²) in [6, 6.07) is 0. The SMILES string of the molecule is CCCCCOC(=O)CSc1nnc2n3ncnc3c3c4c(sc3n12)COC(C)(C)C4. The molecule has 0 atom stereocenters. The molecular formula is C20H24N6O3S2. The summed E-state index contributed by atoms with van der Waals surface area (Å²) in [5.41, 5.74) is 1.78. The first kappa shape index (κ1) is 20.7. The zero-order valence-corrected chi connectivity index (χ0v) is 19.4. The van der Waals surface area contributed by atoms with Crippen LogP contribution in [0.25, 0.3) is 21.6 Å². The number of rotatable bonds is 7. The molecule has 31 heavy (non-hydrogen) atoms. The number of ether oxygens (including phenoxy) is 2. The number of unbranched alkanes of at least 4 members (excludes halogenated alkanes) is 2. The lowest BCUT2D eigenvalue weighted by Gasteiger charge is -2.30. The Hall–Kier alpha value is -2.24. The summed E-state index contributed by atoms with van der Waals surface area (Å²) < 4.78 is 15.1. The van der Waals surface area contributed by atoms with Crippen molar-refractivity contribution in [2.45, 2.75) is 63.8 Å². The van der Waals surface area contributed by atoms with Gasteiger partial charge in [-0.15, -0.1) is 21.5 Å². The van der Waals surface area contributed by atoms with Gasteiger partial charge in [-0.05, 0) is 25.8 Å². The van der Waals surface area contributed by atoms with Crippen molar-refractivity contribution in [2.75, 3.05) is 12.4 Å². The van der Waals surface area contributed by atoms with Crippen LogP contribution in [0.1, 0.15) is 50.5 Å². The molecule has 0 spiro atoms. The van der Waals surface area contributed by atoms with E-state index in [0.717, 1.165) is 41.5 Å². The first-order valence-corrected chi connectivity index (χ1v) is 12.2. The minimum atomic E-state index is -0.239. The van der Waals surface area contributed by atoms with Gasteiger partial charge in [0.05, 0.1) is 30.0 Å². The second kappa shape index (κ2) is 8.03. The highest BCUT2D eigenvalue weighted by molar-refractivity contribution is 7.99. The Morgan fingerprint density at radius 2 is 2.23 bits per heavy atom.